The van der Waals surface area contributed by atoms with Crippen molar-refractivity contribution >= 4 is 0 Å². The lowest BCUT2D eigenvalue weighted by Gasteiger charge is -2.07. The van der Waals surface area contributed by atoms with Crippen molar-refractivity contribution in [2.75, 3.05) is 0 Å². The molecule has 100 valence electrons. The number of hydrogen-bond donors (Lipinski definition) is 1. The summed E-state index contributed by atoms with van der Waals surface area (Å²) in [5, 5.41) is 0. The van der Waals surface area contributed by atoms with Crippen molar-refractivity contribution in [3.8, 4) is 11.3 Å². The summed E-state index contributed by atoms with van der Waals surface area (Å²) < 4.78 is 0. The van der Waals surface area contributed by atoms with Crippen LogP contribution in [-0.4, -0.2) is 9.97 Å². The first-order valence-corrected chi connectivity index (χ1v) is 6.80. The van der Waals surface area contributed by atoms with Gasteiger partial charge in [-0.25, -0.2) is 4.98 Å². The van der Waals surface area contributed by atoms with E-state index < -0.39 is 0 Å². The number of hydrogen-bond acceptors (Lipinski definition) is 2. The molecule has 0 aliphatic rings. The van der Waals surface area contributed by atoms with E-state index in [-0.39, 0.29) is 5.56 Å². The zero-order valence-corrected chi connectivity index (χ0v) is 11.7. The largest absolute Gasteiger partial charge is 0.311 e. The van der Waals surface area contributed by atoms with Gasteiger partial charge in [0.05, 0.1) is 5.69 Å². The highest BCUT2D eigenvalue weighted by Gasteiger charge is 2.05. The Bertz CT molecular complexity index is 597. The van der Waals surface area contributed by atoms with Crippen LogP contribution in [0.3, 0.4) is 0 Å². The SMILES string of the molecule is CCCc1nc(-c2ccc(C(C)C)cc2)cc(=O)[nH]1. The van der Waals surface area contributed by atoms with Crippen LogP contribution in [0.1, 0.15) is 44.5 Å². The fourth-order valence-electron chi connectivity index (χ4n) is 2.05. The van der Waals surface area contributed by atoms with Crippen molar-refractivity contribution < 1.29 is 0 Å². The highest BCUT2D eigenvalue weighted by molar-refractivity contribution is 5.59. The van der Waals surface area contributed by atoms with Crippen LogP contribution in [0.4, 0.5) is 0 Å². The molecule has 0 bridgehead atoms. The quantitative estimate of drug-likeness (QED) is 0.909. The van der Waals surface area contributed by atoms with E-state index in [9.17, 15) is 4.79 Å². The molecule has 1 heterocycles. The number of benzene rings is 1. The van der Waals surface area contributed by atoms with Gasteiger partial charge in [0.1, 0.15) is 5.82 Å². The molecule has 0 radical (unpaired) electrons. The van der Waals surface area contributed by atoms with Gasteiger partial charge in [-0.1, -0.05) is 45.0 Å². The molecule has 2 rings (SSSR count). The molecule has 3 heteroatoms. The molecular formula is C16H20N2O. The predicted molar refractivity (Wildman–Crippen MR) is 78.4 cm³/mol. The molecule has 2 aromatic rings. The molecule has 0 spiro atoms. The summed E-state index contributed by atoms with van der Waals surface area (Å²) in [6, 6.07) is 9.83. The first-order chi connectivity index (χ1) is 9.10. The zero-order valence-electron chi connectivity index (χ0n) is 11.7. The Labute approximate surface area is 113 Å². The molecule has 0 amide bonds. The van der Waals surface area contributed by atoms with E-state index in [4.69, 9.17) is 0 Å². The second-order valence-corrected chi connectivity index (χ2v) is 5.10. The van der Waals surface area contributed by atoms with Crippen molar-refractivity contribution in [1.82, 2.24) is 9.97 Å². The molecule has 1 N–H and O–H groups in total. The summed E-state index contributed by atoms with van der Waals surface area (Å²) in [5.74, 6) is 1.27. The highest BCUT2D eigenvalue weighted by atomic mass is 16.1. The van der Waals surface area contributed by atoms with Crippen LogP contribution < -0.4 is 5.56 Å². The third-order valence-corrected chi connectivity index (χ3v) is 3.15. The molecule has 0 saturated heterocycles. The predicted octanol–water partition coefficient (Wildman–Crippen LogP) is 3.51. The number of H-pyrrole nitrogens is 1. The fraction of sp³-hybridized carbons (Fsp3) is 0.375. The van der Waals surface area contributed by atoms with Crippen molar-refractivity contribution in [2.24, 2.45) is 0 Å². The molecule has 0 saturated carbocycles. The smallest absolute Gasteiger partial charge is 0.251 e. The van der Waals surface area contributed by atoms with Gasteiger partial charge in [-0.05, 0) is 17.9 Å². The minimum absolute atomic E-state index is 0.0820. The normalized spacial score (nSPS) is 10.9. The summed E-state index contributed by atoms with van der Waals surface area (Å²) in [7, 11) is 0. The number of rotatable bonds is 4. The Kier molecular flexibility index (Phi) is 4.15. The van der Waals surface area contributed by atoms with Crippen molar-refractivity contribution in [3.63, 3.8) is 0 Å². The Balaban J connectivity index is 2.38. The van der Waals surface area contributed by atoms with Crippen LogP contribution in [0.25, 0.3) is 11.3 Å². The molecule has 0 fully saturated rings. The molecule has 1 aromatic carbocycles. The third kappa shape index (κ3) is 3.31. The molecule has 0 aliphatic heterocycles. The summed E-state index contributed by atoms with van der Waals surface area (Å²) >= 11 is 0. The minimum Gasteiger partial charge on any atom is -0.311 e. The fourth-order valence-corrected chi connectivity index (χ4v) is 2.05. The Morgan fingerprint density at radius 1 is 1.21 bits per heavy atom. The molecule has 0 unspecified atom stereocenters. The van der Waals surface area contributed by atoms with Gasteiger partial charge in [-0.15, -0.1) is 0 Å². The van der Waals surface area contributed by atoms with Gasteiger partial charge in [0.15, 0.2) is 0 Å². The van der Waals surface area contributed by atoms with Crippen LogP contribution in [0.2, 0.25) is 0 Å². The number of nitrogens with one attached hydrogen (secondary N) is 1. The standard InChI is InChI=1S/C16H20N2O/c1-4-5-15-17-14(10-16(19)18-15)13-8-6-12(7-9-13)11(2)3/h6-11H,4-5H2,1-3H3,(H,17,18,19). The van der Waals surface area contributed by atoms with Gasteiger partial charge in [-0.3, -0.25) is 4.79 Å². The maximum Gasteiger partial charge on any atom is 0.251 e. The Morgan fingerprint density at radius 2 is 1.89 bits per heavy atom. The van der Waals surface area contributed by atoms with Crippen LogP contribution >= 0.6 is 0 Å². The lowest BCUT2D eigenvalue weighted by molar-refractivity contribution is 0.827. The van der Waals surface area contributed by atoms with Gasteiger partial charge in [0.25, 0.3) is 5.56 Å². The Hall–Kier alpha value is -1.90. The van der Waals surface area contributed by atoms with E-state index in [1.54, 1.807) is 6.07 Å². The van der Waals surface area contributed by atoms with Gasteiger partial charge >= 0.3 is 0 Å². The molecule has 3 nitrogen and oxygen atoms in total. The molecule has 19 heavy (non-hydrogen) atoms. The van der Waals surface area contributed by atoms with E-state index in [1.165, 1.54) is 5.56 Å². The zero-order chi connectivity index (χ0) is 13.8. The molecule has 0 atom stereocenters. The van der Waals surface area contributed by atoms with Crippen LogP contribution in [-0.2, 0) is 6.42 Å². The summed E-state index contributed by atoms with van der Waals surface area (Å²) in [5.41, 5.74) is 2.96. The molecular weight excluding hydrogens is 236 g/mol. The second kappa shape index (κ2) is 5.83. The number of aryl methyl sites for hydroxylation is 1. The molecule has 1 aromatic heterocycles. The molecule has 0 aliphatic carbocycles. The van der Waals surface area contributed by atoms with Crippen LogP contribution in [0.15, 0.2) is 35.1 Å². The van der Waals surface area contributed by atoms with E-state index in [2.05, 4.69) is 42.9 Å². The number of nitrogens with zero attached hydrogens (tertiary/aromatic N) is 1. The summed E-state index contributed by atoms with van der Waals surface area (Å²) in [6.07, 6.45) is 1.77. The average Bonchev–Trinajstić information content (AvgIpc) is 2.38. The summed E-state index contributed by atoms with van der Waals surface area (Å²) in [6.45, 7) is 6.41. The minimum atomic E-state index is -0.0820. The third-order valence-electron chi connectivity index (χ3n) is 3.15. The first-order valence-electron chi connectivity index (χ1n) is 6.80. The van der Waals surface area contributed by atoms with Gasteiger partial charge < -0.3 is 4.98 Å². The summed E-state index contributed by atoms with van der Waals surface area (Å²) in [4.78, 5) is 18.9. The lowest BCUT2D eigenvalue weighted by atomic mass is 10.0. The first kappa shape index (κ1) is 13.5. The van der Waals surface area contributed by atoms with Crippen LogP contribution in [0.5, 0.6) is 0 Å². The van der Waals surface area contributed by atoms with Crippen molar-refractivity contribution in [3.05, 3.63) is 52.1 Å². The van der Waals surface area contributed by atoms with E-state index in [1.807, 2.05) is 12.1 Å². The maximum absolute atomic E-state index is 11.6. The Morgan fingerprint density at radius 3 is 2.47 bits per heavy atom. The topological polar surface area (TPSA) is 45.8 Å². The number of aromatic amines is 1. The van der Waals surface area contributed by atoms with E-state index in [0.29, 0.717) is 5.92 Å². The second-order valence-electron chi connectivity index (χ2n) is 5.10. The lowest BCUT2D eigenvalue weighted by Crippen LogP contribution is -2.11. The maximum atomic E-state index is 11.6. The monoisotopic (exact) mass is 256 g/mol. The van der Waals surface area contributed by atoms with E-state index >= 15 is 0 Å². The van der Waals surface area contributed by atoms with Crippen molar-refractivity contribution in [2.45, 2.75) is 39.5 Å². The van der Waals surface area contributed by atoms with Crippen molar-refractivity contribution in [1.29, 1.82) is 0 Å². The highest BCUT2D eigenvalue weighted by Crippen LogP contribution is 2.20. The van der Waals surface area contributed by atoms with Crippen LogP contribution in [0, 0.1) is 0 Å². The van der Waals surface area contributed by atoms with E-state index in [0.717, 1.165) is 29.9 Å². The van der Waals surface area contributed by atoms with Gasteiger partial charge in [0.2, 0.25) is 0 Å². The number of aromatic nitrogens is 2. The average molecular weight is 256 g/mol. The van der Waals surface area contributed by atoms with Gasteiger partial charge in [-0.2, -0.15) is 0 Å². The van der Waals surface area contributed by atoms with Gasteiger partial charge in [0, 0.05) is 18.1 Å².